The van der Waals surface area contributed by atoms with Crippen LogP contribution in [0.25, 0.3) is 0 Å². The number of rotatable bonds is 6. The molecule has 0 saturated heterocycles. The van der Waals surface area contributed by atoms with Gasteiger partial charge < -0.3 is 0 Å². The Morgan fingerprint density at radius 2 is 2.21 bits per heavy atom. The first-order chi connectivity index (χ1) is 8.78. The van der Waals surface area contributed by atoms with E-state index in [4.69, 9.17) is 16.9 Å². The van der Waals surface area contributed by atoms with E-state index in [1.165, 1.54) is 10.4 Å². The largest absolute Gasteiger partial charge is 0.252 e. The summed E-state index contributed by atoms with van der Waals surface area (Å²) in [5, 5.41) is 9.02. The summed E-state index contributed by atoms with van der Waals surface area (Å²) in [5.74, 6) is 0.187. The van der Waals surface area contributed by atoms with E-state index in [-0.39, 0.29) is 23.1 Å². The highest BCUT2D eigenvalue weighted by Gasteiger charge is 2.27. The van der Waals surface area contributed by atoms with Crippen LogP contribution >= 0.6 is 38.9 Å². The molecule has 1 aromatic heterocycles. The maximum atomic E-state index is 12.5. The molecule has 0 unspecified atom stereocenters. The van der Waals surface area contributed by atoms with Crippen LogP contribution in [0.1, 0.15) is 20.3 Å². The van der Waals surface area contributed by atoms with Gasteiger partial charge in [0.2, 0.25) is 0 Å². The van der Waals surface area contributed by atoms with Gasteiger partial charge in [0.05, 0.1) is 14.9 Å². The summed E-state index contributed by atoms with van der Waals surface area (Å²) in [6.07, 6.45) is 0.173. The molecule has 4 nitrogen and oxygen atoms in total. The van der Waals surface area contributed by atoms with Crippen LogP contribution in [-0.4, -0.2) is 25.8 Å². The quantitative estimate of drug-likeness (QED) is 0.749. The third kappa shape index (κ3) is 4.43. The Bertz CT molecular complexity index is 559. The van der Waals surface area contributed by atoms with E-state index in [9.17, 15) is 8.42 Å². The summed E-state index contributed by atoms with van der Waals surface area (Å²) < 4.78 is 27.1. The van der Waals surface area contributed by atoms with Crippen LogP contribution in [0, 0.1) is 17.2 Å². The Morgan fingerprint density at radius 3 is 2.63 bits per heavy atom. The number of nitriles is 1. The van der Waals surface area contributed by atoms with Gasteiger partial charge in [-0.1, -0.05) is 25.4 Å². The summed E-state index contributed by atoms with van der Waals surface area (Å²) in [5.41, 5.74) is 0. The van der Waals surface area contributed by atoms with Crippen molar-refractivity contribution in [3.63, 3.8) is 0 Å². The standard InChI is InChI=1S/C11H14BrClN2O2S2/c1-8(2)7-15(5-3-4-14)19(16,17)10-6-9(13)11(12)18-10/h6,8H,3,5,7H2,1-2H3. The van der Waals surface area contributed by atoms with Crippen LogP contribution in [0.4, 0.5) is 0 Å². The Morgan fingerprint density at radius 1 is 1.58 bits per heavy atom. The first-order valence-electron chi connectivity index (χ1n) is 5.61. The molecule has 0 N–H and O–H groups in total. The van der Waals surface area contributed by atoms with Crippen LogP contribution in [0.15, 0.2) is 14.1 Å². The Balaban J connectivity index is 3.08. The first-order valence-corrected chi connectivity index (χ1v) is 9.03. The zero-order chi connectivity index (χ0) is 14.6. The highest BCUT2D eigenvalue weighted by atomic mass is 79.9. The van der Waals surface area contributed by atoms with Crippen LogP contribution in [0.2, 0.25) is 5.02 Å². The van der Waals surface area contributed by atoms with Crippen molar-refractivity contribution in [1.29, 1.82) is 5.26 Å². The average Bonchev–Trinajstić information content (AvgIpc) is 2.65. The van der Waals surface area contributed by atoms with E-state index < -0.39 is 10.0 Å². The van der Waals surface area contributed by atoms with E-state index in [1.54, 1.807) is 0 Å². The smallest absolute Gasteiger partial charge is 0.206 e. The van der Waals surface area contributed by atoms with E-state index >= 15 is 0 Å². The fraction of sp³-hybridized carbons (Fsp3) is 0.545. The fourth-order valence-electron chi connectivity index (χ4n) is 1.47. The average molecular weight is 386 g/mol. The molecule has 0 bridgehead atoms. The molecule has 0 aliphatic carbocycles. The van der Waals surface area contributed by atoms with E-state index in [1.807, 2.05) is 19.9 Å². The van der Waals surface area contributed by atoms with Gasteiger partial charge in [-0.05, 0) is 27.9 Å². The molecule has 19 heavy (non-hydrogen) atoms. The van der Waals surface area contributed by atoms with Crippen molar-refractivity contribution in [3.8, 4) is 6.07 Å². The molecule has 1 rings (SSSR count). The molecule has 1 aromatic rings. The highest BCUT2D eigenvalue weighted by molar-refractivity contribution is 9.11. The van der Waals surface area contributed by atoms with Crippen LogP contribution in [0.5, 0.6) is 0 Å². The lowest BCUT2D eigenvalue weighted by Gasteiger charge is -2.22. The first kappa shape index (κ1) is 16.9. The van der Waals surface area contributed by atoms with Crippen molar-refractivity contribution < 1.29 is 8.42 Å². The van der Waals surface area contributed by atoms with E-state index in [0.29, 0.717) is 15.4 Å². The lowest BCUT2D eigenvalue weighted by Crippen LogP contribution is -2.34. The molecule has 0 saturated carbocycles. The number of thiophene rings is 1. The Kier molecular flexibility index (Phi) is 6.27. The van der Waals surface area contributed by atoms with Crippen molar-refractivity contribution in [2.45, 2.75) is 24.5 Å². The summed E-state index contributed by atoms with van der Waals surface area (Å²) >= 11 is 10.2. The third-order valence-corrected chi connectivity index (χ3v) is 7.05. The van der Waals surface area contributed by atoms with Gasteiger partial charge in [-0.2, -0.15) is 9.57 Å². The SMILES string of the molecule is CC(C)CN(CCC#N)S(=O)(=O)c1cc(Cl)c(Br)s1. The third-order valence-electron chi connectivity index (χ3n) is 2.26. The van der Waals surface area contributed by atoms with Gasteiger partial charge in [0.1, 0.15) is 4.21 Å². The highest BCUT2D eigenvalue weighted by Crippen LogP contribution is 2.36. The van der Waals surface area contributed by atoms with Crippen LogP contribution in [-0.2, 0) is 10.0 Å². The van der Waals surface area contributed by atoms with E-state index in [2.05, 4.69) is 15.9 Å². The summed E-state index contributed by atoms with van der Waals surface area (Å²) in [6.45, 7) is 4.46. The molecule has 0 spiro atoms. The summed E-state index contributed by atoms with van der Waals surface area (Å²) in [4.78, 5) is 0. The van der Waals surface area contributed by atoms with Crippen LogP contribution in [0.3, 0.4) is 0 Å². The lowest BCUT2D eigenvalue weighted by atomic mass is 10.2. The van der Waals surface area contributed by atoms with Crippen molar-refractivity contribution in [1.82, 2.24) is 4.31 Å². The van der Waals surface area contributed by atoms with Gasteiger partial charge in [-0.3, -0.25) is 0 Å². The molecule has 0 aromatic carbocycles. The number of sulfonamides is 1. The predicted molar refractivity (Wildman–Crippen MR) is 80.9 cm³/mol. The minimum absolute atomic E-state index is 0.173. The van der Waals surface area contributed by atoms with Gasteiger partial charge in [0.25, 0.3) is 10.0 Å². The molecular formula is C11H14BrClN2O2S2. The lowest BCUT2D eigenvalue weighted by molar-refractivity contribution is 0.374. The molecule has 0 aliphatic heterocycles. The number of nitrogens with zero attached hydrogens (tertiary/aromatic N) is 2. The molecule has 0 radical (unpaired) electrons. The summed E-state index contributed by atoms with van der Waals surface area (Å²) in [6, 6.07) is 3.41. The fourth-order valence-corrected chi connectivity index (χ4v) is 5.63. The molecule has 0 amide bonds. The van der Waals surface area contributed by atoms with Gasteiger partial charge >= 0.3 is 0 Å². The zero-order valence-corrected chi connectivity index (χ0v) is 14.5. The number of halogens is 2. The Labute approximate surface area is 131 Å². The number of hydrogen-bond acceptors (Lipinski definition) is 4. The van der Waals surface area contributed by atoms with Gasteiger partial charge in [0, 0.05) is 19.5 Å². The van der Waals surface area contributed by atoms with Crippen molar-refractivity contribution >= 4 is 48.9 Å². The van der Waals surface area contributed by atoms with E-state index in [0.717, 1.165) is 11.3 Å². The van der Waals surface area contributed by atoms with Crippen molar-refractivity contribution in [2.75, 3.05) is 13.1 Å². The maximum absolute atomic E-state index is 12.5. The van der Waals surface area contributed by atoms with Gasteiger partial charge in [0.15, 0.2) is 0 Å². The minimum atomic E-state index is -3.58. The molecular weight excluding hydrogens is 372 g/mol. The van der Waals surface area contributed by atoms with Crippen molar-refractivity contribution in [3.05, 3.63) is 14.9 Å². The molecule has 106 valence electrons. The molecule has 0 aliphatic rings. The monoisotopic (exact) mass is 384 g/mol. The second kappa shape index (κ2) is 7.04. The Hall–Kier alpha value is -0.130. The molecule has 0 fully saturated rings. The van der Waals surface area contributed by atoms with Crippen LogP contribution < -0.4 is 0 Å². The topological polar surface area (TPSA) is 61.2 Å². The zero-order valence-electron chi connectivity index (χ0n) is 10.6. The maximum Gasteiger partial charge on any atom is 0.252 e. The van der Waals surface area contributed by atoms with Gasteiger partial charge in [-0.25, -0.2) is 8.42 Å². The molecule has 8 heteroatoms. The predicted octanol–water partition coefficient (Wildman–Crippen LogP) is 3.72. The molecule has 1 heterocycles. The van der Waals surface area contributed by atoms with Gasteiger partial charge in [-0.15, -0.1) is 11.3 Å². The van der Waals surface area contributed by atoms with Crippen molar-refractivity contribution in [2.24, 2.45) is 5.92 Å². The summed E-state index contributed by atoms with van der Waals surface area (Å²) in [7, 11) is -3.58. The number of hydrogen-bond donors (Lipinski definition) is 0. The second-order valence-electron chi connectivity index (χ2n) is 4.35. The second-order valence-corrected chi connectivity index (χ2v) is 9.29. The molecule has 0 atom stereocenters. The minimum Gasteiger partial charge on any atom is -0.206 e. The normalized spacial score (nSPS) is 12.1.